The number of non-ortho nitro benzene ring substituents is 1. The van der Waals surface area contributed by atoms with Crippen LogP contribution in [0.4, 0.5) is 22.7 Å². The fourth-order valence-corrected chi connectivity index (χ4v) is 4.23. The molecule has 0 radical (unpaired) electrons. The summed E-state index contributed by atoms with van der Waals surface area (Å²) in [5.41, 5.74) is 5.84. The maximum absolute atomic E-state index is 12.6. The van der Waals surface area contributed by atoms with Gasteiger partial charge in [0, 0.05) is 18.8 Å². The highest BCUT2D eigenvalue weighted by Gasteiger charge is 2.19. The fraction of sp³-hybridized carbons (Fsp3) is 0.212. The average molecular weight is 612 g/mol. The summed E-state index contributed by atoms with van der Waals surface area (Å²) < 4.78 is 11.2. The molecule has 0 aliphatic heterocycles. The van der Waals surface area contributed by atoms with Gasteiger partial charge in [-0.15, -0.1) is 0 Å². The summed E-state index contributed by atoms with van der Waals surface area (Å²) in [5.74, 6) is 0.438. The Hall–Kier alpha value is -5.78. The number of unbranched alkanes of at least 4 members (excludes halogenated alkanes) is 1. The van der Waals surface area contributed by atoms with Gasteiger partial charge < -0.3 is 14.4 Å². The third-order valence-corrected chi connectivity index (χ3v) is 6.86. The maximum atomic E-state index is 12.6. The number of anilines is 2. The van der Waals surface area contributed by atoms with Crippen LogP contribution in [-0.2, 0) is 4.74 Å². The number of nitro groups is 2. The maximum Gasteiger partial charge on any atom is 0.338 e. The molecule has 0 fully saturated rings. The smallest absolute Gasteiger partial charge is 0.338 e. The first-order valence-electron chi connectivity index (χ1n) is 14.3. The van der Waals surface area contributed by atoms with Crippen LogP contribution in [0.5, 0.6) is 5.75 Å². The summed E-state index contributed by atoms with van der Waals surface area (Å²) in [5, 5.41) is 26.2. The molecule has 4 rings (SSSR count). The Balaban J connectivity index is 1.24. The number of hydrogen-bond donors (Lipinski definition) is 1. The van der Waals surface area contributed by atoms with Crippen LogP contribution in [0.2, 0.25) is 0 Å². The molecular weight excluding hydrogens is 578 g/mol. The minimum Gasteiger partial charge on any atom is -0.494 e. The highest BCUT2D eigenvalue weighted by molar-refractivity contribution is 5.90. The molecule has 12 heteroatoms. The number of nitrogens with zero attached hydrogens (tertiary/aromatic N) is 4. The highest BCUT2D eigenvalue weighted by Crippen LogP contribution is 2.29. The van der Waals surface area contributed by atoms with Crippen LogP contribution in [0.3, 0.4) is 0 Å². The van der Waals surface area contributed by atoms with Crippen molar-refractivity contribution in [3.63, 3.8) is 0 Å². The molecule has 0 aliphatic rings. The van der Waals surface area contributed by atoms with Crippen LogP contribution < -0.4 is 15.1 Å². The van der Waals surface area contributed by atoms with Crippen molar-refractivity contribution in [2.24, 2.45) is 5.10 Å². The minimum atomic E-state index is -0.714. The number of rotatable bonds is 15. The number of carbonyl (C=O) groups excluding carboxylic acids is 1. The van der Waals surface area contributed by atoms with Crippen molar-refractivity contribution >= 4 is 34.9 Å². The molecule has 4 aromatic carbocycles. The average Bonchev–Trinajstić information content (AvgIpc) is 3.05. The Morgan fingerprint density at radius 1 is 0.889 bits per heavy atom. The Kier molecular flexibility index (Phi) is 11.2. The Morgan fingerprint density at radius 2 is 1.56 bits per heavy atom. The summed E-state index contributed by atoms with van der Waals surface area (Å²) in [4.78, 5) is 35.3. The number of esters is 1. The predicted molar refractivity (Wildman–Crippen MR) is 173 cm³/mol. The van der Waals surface area contributed by atoms with Crippen LogP contribution in [-0.4, -0.2) is 48.8 Å². The summed E-state index contributed by atoms with van der Waals surface area (Å²) in [6, 6.07) is 25.8. The van der Waals surface area contributed by atoms with Gasteiger partial charge in [0.15, 0.2) is 0 Å². The number of likely N-dealkylation sites (N-methyl/N-ethyl adjacent to an activating group) is 1. The second-order valence-electron chi connectivity index (χ2n) is 10.0. The van der Waals surface area contributed by atoms with Gasteiger partial charge >= 0.3 is 11.7 Å². The predicted octanol–water partition coefficient (Wildman–Crippen LogP) is 7.09. The highest BCUT2D eigenvalue weighted by atomic mass is 16.6. The van der Waals surface area contributed by atoms with E-state index in [1.807, 2.05) is 72.6 Å². The first-order chi connectivity index (χ1) is 21.7. The van der Waals surface area contributed by atoms with Crippen LogP contribution in [0.15, 0.2) is 96.1 Å². The molecule has 0 unspecified atom stereocenters. The lowest BCUT2D eigenvalue weighted by molar-refractivity contribution is -0.393. The third kappa shape index (κ3) is 9.10. The van der Waals surface area contributed by atoms with Crippen LogP contribution in [0.1, 0.15) is 35.7 Å². The normalized spacial score (nSPS) is 10.8. The van der Waals surface area contributed by atoms with Crippen molar-refractivity contribution in [1.82, 2.24) is 0 Å². The number of hydrazone groups is 1. The van der Waals surface area contributed by atoms with Crippen LogP contribution in [0.25, 0.3) is 11.1 Å². The monoisotopic (exact) mass is 611 g/mol. The lowest BCUT2D eigenvalue weighted by Gasteiger charge is -2.19. The standard InChI is InChI=1S/C33H33N5O7/c1-3-4-20-44-30-16-11-26(12-17-30)25-7-9-27(10-8-25)33(39)45-21-19-36(2)28-13-5-24(6-14-28)23-34-35-31-18-15-29(37(40)41)22-32(31)38(42)43/h5-18,22-23,35H,3-4,19-21H2,1-2H3/b34-23+. The van der Waals surface area contributed by atoms with Gasteiger partial charge in [0.05, 0.1) is 40.8 Å². The van der Waals surface area contributed by atoms with Crippen molar-refractivity contribution in [3.8, 4) is 16.9 Å². The summed E-state index contributed by atoms with van der Waals surface area (Å²) in [6.45, 7) is 3.49. The molecule has 1 N–H and O–H groups in total. The minimum absolute atomic E-state index is 0.0296. The zero-order chi connectivity index (χ0) is 32.2. The van der Waals surface area contributed by atoms with E-state index in [2.05, 4.69) is 17.5 Å². The number of benzene rings is 4. The molecule has 0 aliphatic carbocycles. The van der Waals surface area contributed by atoms with Gasteiger partial charge in [0.2, 0.25) is 0 Å². The molecule has 12 nitrogen and oxygen atoms in total. The van der Waals surface area contributed by atoms with Gasteiger partial charge in [0.25, 0.3) is 5.69 Å². The third-order valence-electron chi connectivity index (χ3n) is 6.86. The number of nitrogens with one attached hydrogen (secondary N) is 1. The Bertz CT molecular complexity index is 1640. The van der Waals surface area contributed by atoms with E-state index in [0.717, 1.165) is 53.1 Å². The number of nitro benzene ring substituents is 2. The lowest BCUT2D eigenvalue weighted by Crippen LogP contribution is -2.23. The van der Waals surface area contributed by atoms with Crippen molar-refractivity contribution in [2.45, 2.75) is 19.8 Å². The molecule has 0 bridgehead atoms. The zero-order valence-corrected chi connectivity index (χ0v) is 24.9. The first-order valence-corrected chi connectivity index (χ1v) is 14.3. The van der Waals surface area contributed by atoms with Crippen molar-refractivity contribution in [2.75, 3.05) is 37.1 Å². The molecule has 232 valence electrons. The van der Waals surface area contributed by atoms with Gasteiger partial charge in [-0.25, -0.2) is 4.79 Å². The topological polar surface area (TPSA) is 149 Å². The molecule has 0 aromatic heterocycles. The molecular formula is C33H33N5O7. The van der Waals surface area contributed by atoms with E-state index < -0.39 is 21.5 Å². The lowest BCUT2D eigenvalue weighted by atomic mass is 10.0. The van der Waals surface area contributed by atoms with E-state index >= 15 is 0 Å². The largest absolute Gasteiger partial charge is 0.494 e. The Labute approximate surface area is 260 Å². The summed E-state index contributed by atoms with van der Waals surface area (Å²) in [7, 11) is 1.88. The SMILES string of the molecule is CCCCOc1ccc(-c2ccc(C(=O)OCCN(C)c3ccc(/C=N/Nc4ccc([N+](=O)[O-])cc4[N+](=O)[O-])cc3)cc2)cc1. The van der Waals surface area contributed by atoms with Gasteiger partial charge in [-0.2, -0.15) is 5.10 Å². The molecule has 4 aromatic rings. The summed E-state index contributed by atoms with van der Waals surface area (Å²) in [6.07, 6.45) is 3.58. The molecule has 0 spiro atoms. The van der Waals surface area contributed by atoms with Crippen molar-refractivity contribution < 1.29 is 24.1 Å². The molecule has 0 amide bonds. The quantitative estimate of drug-likeness (QED) is 0.0489. The van der Waals surface area contributed by atoms with E-state index in [1.54, 1.807) is 12.1 Å². The molecule has 0 heterocycles. The van der Waals surface area contributed by atoms with E-state index in [9.17, 15) is 25.0 Å². The number of carbonyl (C=O) groups is 1. The number of ether oxygens (including phenoxy) is 2. The van der Waals surface area contributed by atoms with Gasteiger partial charge in [0.1, 0.15) is 18.0 Å². The van der Waals surface area contributed by atoms with Crippen LogP contribution in [0, 0.1) is 20.2 Å². The molecule has 0 saturated carbocycles. The molecule has 45 heavy (non-hydrogen) atoms. The van der Waals surface area contributed by atoms with Crippen LogP contribution >= 0.6 is 0 Å². The van der Waals surface area contributed by atoms with E-state index in [0.29, 0.717) is 18.7 Å². The molecule has 0 atom stereocenters. The molecule has 0 saturated heterocycles. The van der Waals surface area contributed by atoms with Gasteiger partial charge in [-0.1, -0.05) is 49.7 Å². The summed E-state index contributed by atoms with van der Waals surface area (Å²) >= 11 is 0. The van der Waals surface area contributed by atoms with E-state index in [1.165, 1.54) is 12.3 Å². The fourth-order valence-electron chi connectivity index (χ4n) is 4.23. The second-order valence-corrected chi connectivity index (χ2v) is 10.0. The Morgan fingerprint density at radius 3 is 2.18 bits per heavy atom. The zero-order valence-electron chi connectivity index (χ0n) is 24.9. The number of hydrogen-bond acceptors (Lipinski definition) is 10. The van der Waals surface area contributed by atoms with Crippen molar-refractivity contribution in [3.05, 3.63) is 122 Å². The second kappa shape index (κ2) is 15.6. The van der Waals surface area contributed by atoms with Crippen molar-refractivity contribution in [1.29, 1.82) is 0 Å². The van der Waals surface area contributed by atoms with Gasteiger partial charge in [-0.3, -0.25) is 25.7 Å². The van der Waals surface area contributed by atoms with E-state index in [-0.39, 0.29) is 18.0 Å². The van der Waals surface area contributed by atoms with Gasteiger partial charge in [-0.05, 0) is 65.6 Å². The first kappa shape index (κ1) is 32.1. The van der Waals surface area contributed by atoms with E-state index in [4.69, 9.17) is 9.47 Å².